The molecule has 0 spiro atoms. The molecule has 0 radical (unpaired) electrons. The van der Waals surface area contributed by atoms with Gasteiger partial charge in [-0.15, -0.1) is 11.3 Å². The molecule has 0 N–H and O–H groups in total. The number of aryl methyl sites for hydroxylation is 1. The normalized spacial score (nSPS) is 12.6. The summed E-state index contributed by atoms with van der Waals surface area (Å²) in [5.74, 6) is -0.0662. The number of likely N-dealkylation sites (N-methyl/N-ethyl adjacent to an activating group) is 1. The number of rotatable bonds is 4. The van der Waals surface area contributed by atoms with Gasteiger partial charge in [-0.2, -0.15) is 0 Å². The minimum absolute atomic E-state index is 0.0662. The van der Waals surface area contributed by atoms with Crippen LogP contribution in [0, 0.1) is 6.92 Å². The van der Waals surface area contributed by atoms with Crippen molar-refractivity contribution in [1.82, 2.24) is 9.88 Å². The molecule has 25 heavy (non-hydrogen) atoms. The van der Waals surface area contributed by atoms with Gasteiger partial charge >= 0.3 is 0 Å². The zero-order chi connectivity index (χ0) is 18.0. The molecule has 3 aromatic rings. The fraction of sp³-hybridized carbons (Fsp3) is 0.200. The lowest BCUT2D eigenvalue weighted by Crippen LogP contribution is -2.27. The molecule has 1 heterocycles. The van der Waals surface area contributed by atoms with Crippen molar-refractivity contribution in [2.24, 2.45) is 0 Å². The molecule has 1 amide bonds. The molecule has 1 atom stereocenters. The molecule has 2 aromatic carbocycles. The van der Waals surface area contributed by atoms with Crippen LogP contribution in [0.15, 0.2) is 48.5 Å². The van der Waals surface area contributed by atoms with Gasteiger partial charge in [-0.25, -0.2) is 4.98 Å². The topological polar surface area (TPSA) is 33.2 Å². The first-order valence-corrected chi connectivity index (χ1v) is 9.21. The summed E-state index contributed by atoms with van der Waals surface area (Å²) in [5.41, 5.74) is 2.90. The van der Waals surface area contributed by atoms with E-state index in [2.05, 4.69) is 4.98 Å². The number of hydrogen-bond acceptors (Lipinski definition) is 3. The van der Waals surface area contributed by atoms with E-state index >= 15 is 0 Å². The number of carbonyl (C=O) groups excluding carboxylic acids is 1. The zero-order valence-electron chi connectivity index (χ0n) is 14.4. The number of nitrogens with zero attached hydrogens (tertiary/aromatic N) is 2. The summed E-state index contributed by atoms with van der Waals surface area (Å²) in [6.07, 6.45) is 3.36. The van der Waals surface area contributed by atoms with Crippen molar-refractivity contribution in [3.05, 3.63) is 69.7 Å². The van der Waals surface area contributed by atoms with Crippen LogP contribution in [0.2, 0.25) is 5.02 Å². The van der Waals surface area contributed by atoms with E-state index in [0.717, 1.165) is 26.4 Å². The van der Waals surface area contributed by atoms with Crippen molar-refractivity contribution < 1.29 is 4.79 Å². The third-order valence-corrected chi connectivity index (χ3v) is 5.82. The maximum atomic E-state index is 12.5. The van der Waals surface area contributed by atoms with Crippen LogP contribution in [-0.2, 0) is 4.79 Å². The van der Waals surface area contributed by atoms with Gasteiger partial charge in [-0.3, -0.25) is 4.79 Å². The van der Waals surface area contributed by atoms with Gasteiger partial charge in [-0.05, 0) is 49.2 Å². The van der Waals surface area contributed by atoms with Crippen LogP contribution in [-0.4, -0.2) is 22.8 Å². The fourth-order valence-electron chi connectivity index (χ4n) is 2.42. The number of amides is 1. The number of halogens is 1. The van der Waals surface area contributed by atoms with Crippen molar-refractivity contribution in [2.75, 3.05) is 7.05 Å². The first kappa shape index (κ1) is 17.6. The van der Waals surface area contributed by atoms with E-state index in [-0.39, 0.29) is 11.9 Å². The SMILES string of the molecule is Cc1ccc(/C=C/C(=O)N(C)[C@@H](C)c2nc3ccccc3s2)cc1Cl. The lowest BCUT2D eigenvalue weighted by atomic mass is 10.1. The molecule has 0 fully saturated rings. The lowest BCUT2D eigenvalue weighted by Gasteiger charge is -2.21. The highest BCUT2D eigenvalue weighted by molar-refractivity contribution is 7.18. The van der Waals surface area contributed by atoms with E-state index in [0.29, 0.717) is 5.02 Å². The highest BCUT2D eigenvalue weighted by Gasteiger charge is 2.19. The molecular weight excluding hydrogens is 352 g/mol. The Bertz CT molecular complexity index is 915. The smallest absolute Gasteiger partial charge is 0.246 e. The molecular formula is C20H19ClN2OS. The summed E-state index contributed by atoms with van der Waals surface area (Å²) in [6.45, 7) is 3.95. The quantitative estimate of drug-likeness (QED) is 0.569. The van der Waals surface area contributed by atoms with Gasteiger partial charge < -0.3 is 4.90 Å². The van der Waals surface area contributed by atoms with Crippen molar-refractivity contribution in [3.63, 3.8) is 0 Å². The number of benzene rings is 2. The van der Waals surface area contributed by atoms with E-state index in [4.69, 9.17) is 11.6 Å². The van der Waals surface area contributed by atoms with Crippen LogP contribution in [0.1, 0.15) is 29.1 Å². The van der Waals surface area contributed by atoms with E-state index in [1.807, 2.05) is 56.3 Å². The summed E-state index contributed by atoms with van der Waals surface area (Å²) >= 11 is 7.75. The number of thiazole rings is 1. The Morgan fingerprint density at radius 2 is 2.04 bits per heavy atom. The summed E-state index contributed by atoms with van der Waals surface area (Å²) < 4.78 is 1.13. The van der Waals surface area contributed by atoms with Crippen LogP contribution in [0.3, 0.4) is 0 Å². The monoisotopic (exact) mass is 370 g/mol. The standard InChI is InChI=1S/C20H19ClN2OS/c1-13-8-9-15(12-16(13)21)10-11-19(24)23(3)14(2)20-22-17-6-4-5-7-18(17)25-20/h4-12,14H,1-3H3/b11-10+/t14-/m0/s1. The van der Waals surface area contributed by atoms with Crippen molar-refractivity contribution >= 4 is 45.1 Å². The molecule has 0 aliphatic heterocycles. The molecule has 0 bridgehead atoms. The number of aromatic nitrogens is 1. The van der Waals surface area contributed by atoms with Gasteiger partial charge in [-0.1, -0.05) is 35.9 Å². The van der Waals surface area contributed by atoms with Gasteiger partial charge in [0.25, 0.3) is 0 Å². The molecule has 0 aliphatic rings. The summed E-state index contributed by atoms with van der Waals surface area (Å²) in [6, 6.07) is 13.7. The molecule has 0 saturated carbocycles. The Balaban J connectivity index is 1.74. The molecule has 0 saturated heterocycles. The first-order valence-electron chi connectivity index (χ1n) is 8.02. The van der Waals surface area contributed by atoms with Crippen LogP contribution in [0.5, 0.6) is 0 Å². The molecule has 0 unspecified atom stereocenters. The Hall–Kier alpha value is -2.17. The van der Waals surface area contributed by atoms with Gasteiger partial charge in [0.15, 0.2) is 0 Å². The second kappa shape index (κ2) is 7.38. The van der Waals surface area contributed by atoms with Crippen molar-refractivity contribution in [3.8, 4) is 0 Å². The predicted octanol–water partition coefficient (Wildman–Crippen LogP) is 5.49. The average molecular weight is 371 g/mol. The van der Waals surface area contributed by atoms with Crippen LogP contribution >= 0.6 is 22.9 Å². The summed E-state index contributed by atoms with van der Waals surface area (Å²) in [4.78, 5) is 18.8. The molecule has 5 heteroatoms. The minimum Gasteiger partial charge on any atom is -0.333 e. The zero-order valence-corrected chi connectivity index (χ0v) is 15.9. The van der Waals surface area contributed by atoms with E-state index < -0.39 is 0 Å². The van der Waals surface area contributed by atoms with E-state index in [1.54, 1.807) is 35.4 Å². The number of hydrogen-bond donors (Lipinski definition) is 0. The highest BCUT2D eigenvalue weighted by atomic mass is 35.5. The third-order valence-electron chi connectivity index (χ3n) is 4.21. The number of carbonyl (C=O) groups is 1. The Morgan fingerprint density at radius 1 is 1.28 bits per heavy atom. The minimum atomic E-state index is -0.0869. The maximum Gasteiger partial charge on any atom is 0.246 e. The molecule has 3 nitrogen and oxygen atoms in total. The van der Waals surface area contributed by atoms with Crippen molar-refractivity contribution in [1.29, 1.82) is 0 Å². The maximum absolute atomic E-state index is 12.5. The van der Waals surface area contributed by atoms with E-state index in [9.17, 15) is 4.79 Å². The van der Waals surface area contributed by atoms with Gasteiger partial charge in [0, 0.05) is 18.1 Å². The molecule has 0 aliphatic carbocycles. The average Bonchev–Trinajstić information content (AvgIpc) is 3.05. The molecule has 1 aromatic heterocycles. The molecule has 128 valence electrons. The van der Waals surface area contributed by atoms with Crippen LogP contribution < -0.4 is 0 Å². The highest BCUT2D eigenvalue weighted by Crippen LogP contribution is 2.29. The fourth-order valence-corrected chi connectivity index (χ4v) is 3.67. The largest absolute Gasteiger partial charge is 0.333 e. The number of para-hydroxylation sites is 1. The summed E-state index contributed by atoms with van der Waals surface area (Å²) in [5, 5.41) is 1.63. The lowest BCUT2D eigenvalue weighted by molar-refractivity contribution is -0.126. The summed E-state index contributed by atoms with van der Waals surface area (Å²) in [7, 11) is 1.80. The van der Waals surface area contributed by atoms with Crippen LogP contribution in [0.4, 0.5) is 0 Å². The Morgan fingerprint density at radius 3 is 2.76 bits per heavy atom. The predicted molar refractivity (Wildman–Crippen MR) is 106 cm³/mol. The van der Waals surface area contributed by atoms with Gasteiger partial charge in [0.1, 0.15) is 5.01 Å². The number of fused-ring (bicyclic) bond motifs is 1. The second-order valence-electron chi connectivity index (χ2n) is 5.99. The van der Waals surface area contributed by atoms with Gasteiger partial charge in [0.05, 0.1) is 16.3 Å². The second-order valence-corrected chi connectivity index (χ2v) is 7.46. The van der Waals surface area contributed by atoms with Gasteiger partial charge in [0.2, 0.25) is 5.91 Å². The van der Waals surface area contributed by atoms with Crippen LogP contribution in [0.25, 0.3) is 16.3 Å². The van der Waals surface area contributed by atoms with Crippen molar-refractivity contribution in [2.45, 2.75) is 19.9 Å². The Labute approximate surface area is 156 Å². The first-order chi connectivity index (χ1) is 12.0. The Kier molecular flexibility index (Phi) is 5.21. The third kappa shape index (κ3) is 3.91. The molecule has 3 rings (SSSR count). The van der Waals surface area contributed by atoms with E-state index in [1.165, 1.54) is 0 Å².